The Bertz CT molecular complexity index is 1140. The van der Waals surface area contributed by atoms with Gasteiger partial charge < -0.3 is 5.73 Å². The lowest BCUT2D eigenvalue weighted by molar-refractivity contribution is 0.0998. The van der Waals surface area contributed by atoms with Gasteiger partial charge in [0, 0.05) is 22.1 Å². The van der Waals surface area contributed by atoms with Crippen LogP contribution >= 0.6 is 0 Å². The van der Waals surface area contributed by atoms with Crippen molar-refractivity contribution < 1.29 is 4.79 Å². The van der Waals surface area contributed by atoms with Crippen LogP contribution in [0.1, 0.15) is 36.7 Å². The molecule has 4 N–H and O–H groups in total. The Morgan fingerprint density at radius 1 is 1.11 bits per heavy atom. The maximum atomic E-state index is 12.0. The van der Waals surface area contributed by atoms with Gasteiger partial charge in [-0.25, -0.2) is 4.98 Å². The van der Waals surface area contributed by atoms with Crippen LogP contribution in [0.3, 0.4) is 0 Å². The summed E-state index contributed by atoms with van der Waals surface area (Å²) in [6, 6.07) is 11.5. The number of amides is 1. The molecule has 0 radical (unpaired) electrons. The van der Waals surface area contributed by atoms with Crippen LogP contribution in [0.4, 0.5) is 0 Å². The van der Waals surface area contributed by atoms with Gasteiger partial charge in [0.2, 0.25) is 5.91 Å². The number of H-pyrrole nitrogens is 2. The summed E-state index contributed by atoms with van der Waals surface area (Å²) in [6.07, 6.45) is 1.55. The third-order valence-corrected chi connectivity index (χ3v) is 4.57. The first-order valence-electron chi connectivity index (χ1n) is 8.64. The molecular formula is C20H20N6O. The van der Waals surface area contributed by atoms with Crippen molar-refractivity contribution in [1.29, 1.82) is 0 Å². The zero-order chi connectivity index (χ0) is 19.2. The maximum Gasteiger partial charge on any atom is 0.249 e. The maximum absolute atomic E-state index is 12.0. The molecule has 2 heterocycles. The molecule has 4 aromatic rings. The number of benzene rings is 2. The number of primary amides is 1. The average molecular weight is 360 g/mol. The fraction of sp³-hybridized carbons (Fsp3) is 0.200. The predicted octanol–water partition coefficient (Wildman–Crippen LogP) is 3.41. The number of aromatic nitrogens is 5. The van der Waals surface area contributed by atoms with Gasteiger partial charge in [0.05, 0.1) is 5.52 Å². The lowest BCUT2D eigenvalue weighted by Gasteiger charge is -2.25. The largest absolute Gasteiger partial charge is 0.366 e. The summed E-state index contributed by atoms with van der Waals surface area (Å²) in [4.78, 5) is 16.3. The Morgan fingerprint density at radius 3 is 2.59 bits per heavy atom. The van der Waals surface area contributed by atoms with E-state index in [2.05, 4.69) is 46.1 Å². The predicted molar refractivity (Wildman–Crippen MR) is 104 cm³/mol. The Kier molecular flexibility index (Phi) is 3.80. The van der Waals surface area contributed by atoms with Crippen LogP contribution in [0.15, 0.2) is 42.7 Å². The molecule has 2 aromatic heterocycles. The van der Waals surface area contributed by atoms with Crippen LogP contribution in [0.25, 0.3) is 33.5 Å². The zero-order valence-corrected chi connectivity index (χ0v) is 15.4. The number of rotatable bonds is 3. The molecule has 0 bridgehead atoms. The van der Waals surface area contributed by atoms with Crippen LogP contribution in [-0.4, -0.2) is 31.3 Å². The molecule has 0 aliphatic heterocycles. The normalized spacial score (nSPS) is 11.8. The SMILES string of the molecule is CC(C)(C)c1c(C(N)=O)cccc1-c1n[nH]c2ccc(-c3nc[nH]n3)cc12. The molecular weight excluding hydrogens is 340 g/mol. The highest BCUT2D eigenvalue weighted by Gasteiger charge is 2.26. The Labute approximate surface area is 156 Å². The zero-order valence-electron chi connectivity index (χ0n) is 15.4. The minimum absolute atomic E-state index is 0.284. The molecule has 0 atom stereocenters. The Balaban J connectivity index is 1.99. The number of carbonyl (C=O) groups excluding carboxylic acids is 1. The Morgan fingerprint density at radius 2 is 1.93 bits per heavy atom. The summed E-state index contributed by atoms with van der Waals surface area (Å²) in [5.74, 6) is 0.175. The van der Waals surface area contributed by atoms with Crippen molar-refractivity contribution in [1.82, 2.24) is 25.4 Å². The minimum atomic E-state index is -0.442. The summed E-state index contributed by atoms with van der Waals surface area (Å²) >= 11 is 0. The molecule has 2 aromatic carbocycles. The number of aromatic amines is 2. The van der Waals surface area contributed by atoms with E-state index in [4.69, 9.17) is 5.73 Å². The molecule has 4 rings (SSSR count). The quantitative estimate of drug-likeness (QED) is 0.519. The second-order valence-electron chi connectivity index (χ2n) is 7.50. The Hall–Kier alpha value is -3.48. The van der Waals surface area contributed by atoms with Crippen molar-refractivity contribution in [2.45, 2.75) is 26.2 Å². The van der Waals surface area contributed by atoms with E-state index in [0.717, 1.165) is 33.3 Å². The first kappa shape index (κ1) is 17.0. The van der Waals surface area contributed by atoms with E-state index in [9.17, 15) is 4.79 Å². The molecule has 0 spiro atoms. The fourth-order valence-corrected chi connectivity index (χ4v) is 3.47. The van der Waals surface area contributed by atoms with Gasteiger partial charge in [0.25, 0.3) is 0 Å². The lowest BCUT2D eigenvalue weighted by atomic mass is 9.79. The summed E-state index contributed by atoms with van der Waals surface area (Å²) in [5.41, 5.74) is 10.2. The first-order chi connectivity index (χ1) is 12.9. The summed E-state index contributed by atoms with van der Waals surface area (Å²) in [7, 11) is 0. The van der Waals surface area contributed by atoms with Gasteiger partial charge in [-0.2, -0.15) is 10.2 Å². The van der Waals surface area contributed by atoms with Gasteiger partial charge >= 0.3 is 0 Å². The third-order valence-electron chi connectivity index (χ3n) is 4.57. The summed E-state index contributed by atoms with van der Waals surface area (Å²) in [5, 5.41) is 15.4. The molecule has 0 aliphatic carbocycles. The molecule has 136 valence electrons. The van der Waals surface area contributed by atoms with Gasteiger partial charge in [-0.1, -0.05) is 32.9 Å². The van der Waals surface area contributed by atoms with E-state index < -0.39 is 5.91 Å². The highest BCUT2D eigenvalue weighted by molar-refractivity contribution is 6.00. The molecule has 7 heteroatoms. The van der Waals surface area contributed by atoms with E-state index in [1.165, 1.54) is 0 Å². The van der Waals surface area contributed by atoms with Crippen LogP contribution in [0, 0.1) is 0 Å². The molecule has 0 aliphatic rings. The van der Waals surface area contributed by atoms with Crippen molar-refractivity contribution in [3.05, 3.63) is 53.9 Å². The molecule has 27 heavy (non-hydrogen) atoms. The topological polar surface area (TPSA) is 113 Å². The van der Waals surface area contributed by atoms with Crippen LogP contribution < -0.4 is 5.73 Å². The van der Waals surface area contributed by atoms with E-state index in [1.807, 2.05) is 30.3 Å². The number of fused-ring (bicyclic) bond motifs is 1. The van der Waals surface area contributed by atoms with Gasteiger partial charge in [-0.3, -0.25) is 15.0 Å². The van der Waals surface area contributed by atoms with Crippen molar-refractivity contribution in [2.24, 2.45) is 5.73 Å². The monoisotopic (exact) mass is 360 g/mol. The van der Waals surface area contributed by atoms with Crippen molar-refractivity contribution in [2.75, 3.05) is 0 Å². The number of hydrogen-bond acceptors (Lipinski definition) is 4. The number of carbonyl (C=O) groups is 1. The summed E-state index contributed by atoms with van der Waals surface area (Å²) < 4.78 is 0. The second kappa shape index (κ2) is 6.05. The van der Waals surface area contributed by atoms with E-state index in [0.29, 0.717) is 11.4 Å². The highest BCUT2D eigenvalue weighted by Crippen LogP contribution is 2.38. The van der Waals surface area contributed by atoms with E-state index in [-0.39, 0.29) is 5.41 Å². The number of nitrogens with two attached hydrogens (primary N) is 1. The molecule has 7 nitrogen and oxygen atoms in total. The number of nitrogens with one attached hydrogen (secondary N) is 2. The minimum Gasteiger partial charge on any atom is -0.366 e. The van der Waals surface area contributed by atoms with Crippen molar-refractivity contribution in [3.8, 4) is 22.6 Å². The summed E-state index contributed by atoms with van der Waals surface area (Å²) in [6.45, 7) is 6.19. The second-order valence-corrected chi connectivity index (χ2v) is 7.50. The smallest absolute Gasteiger partial charge is 0.249 e. The van der Waals surface area contributed by atoms with Gasteiger partial charge in [0.1, 0.15) is 12.0 Å². The standard InChI is InChI=1S/C20H20N6O/c1-20(2,3)16-12(5-4-6-13(16)18(21)27)17-14-9-11(19-22-10-23-26-19)7-8-15(14)24-25-17/h4-10H,1-3H3,(H2,21,27)(H,24,25)(H,22,23,26). The fourth-order valence-electron chi connectivity index (χ4n) is 3.47. The molecule has 0 fully saturated rings. The van der Waals surface area contributed by atoms with Crippen LogP contribution in [0.5, 0.6) is 0 Å². The van der Waals surface area contributed by atoms with Crippen molar-refractivity contribution in [3.63, 3.8) is 0 Å². The molecule has 0 saturated heterocycles. The number of nitrogens with zero attached hydrogens (tertiary/aromatic N) is 3. The van der Waals surface area contributed by atoms with Crippen LogP contribution in [-0.2, 0) is 5.41 Å². The lowest BCUT2D eigenvalue weighted by Crippen LogP contribution is -2.22. The average Bonchev–Trinajstić information content (AvgIpc) is 3.29. The van der Waals surface area contributed by atoms with Crippen LogP contribution in [0.2, 0.25) is 0 Å². The molecule has 1 amide bonds. The molecule has 0 saturated carbocycles. The first-order valence-corrected chi connectivity index (χ1v) is 8.64. The van der Waals surface area contributed by atoms with Crippen molar-refractivity contribution >= 4 is 16.8 Å². The third kappa shape index (κ3) is 2.87. The number of hydrogen-bond donors (Lipinski definition) is 3. The highest BCUT2D eigenvalue weighted by atomic mass is 16.1. The van der Waals surface area contributed by atoms with E-state index in [1.54, 1.807) is 12.4 Å². The van der Waals surface area contributed by atoms with Gasteiger partial charge in [0.15, 0.2) is 5.82 Å². The van der Waals surface area contributed by atoms with Gasteiger partial charge in [-0.15, -0.1) is 0 Å². The van der Waals surface area contributed by atoms with E-state index >= 15 is 0 Å². The van der Waals surface area contributed by atoms with Gasteiger partial charge in [-0.05, 0) is 35.2 Å². The molecule has 0 unspecified atom stereocenters.